The molecule has 0 spiro atoms. The minimum Gasteiger partial charge on any atom is -0.466 e. The third-order valence-electron chi connectivity index (χ3n) is 4.81. The van der Waals surface area contributed by atoms with E-state index in [1.807, 2.05) is 6.92 Å². The molecule has 1 N–H and O–H groups in total. The maximum atomic E-state index is 11.8. The zero-order chi connectivity index (χ0) is 17.9. The summed E-state index contributed by atoms with van der Waals surface area (Å²) in [5.41, 5.74) is 0. The predicted octanol–water partition coefficient (Wildman–Crippen LogP) is 2.58. The van der Waals surface area contributed by atoms with Gasteiger partial charge in [0.25, 0.3) is 0 Å². The normalized spacial score (nSPS) is 17.2. The van der Waals surface area contributed by atoms with E-state index in [0.29, 0.717) is 12.6 Å². The monoisotopic (exact) mass is 468 g/mol. The zero-order valence-corrected chi connectivity index (χ0v) is 18.9. The number of nitrogens with zero attached hydrogens (tertiary/aromatic N) is 3. The van der Waals surface area contributed by atoms with Gasteiger partial charge < -0.3 is 19.9 Å². The summed E-state index contributed by atoms with van der Waals surface area (Å²) in [6.07, 6.45) is 2.84. The van der Waals surface area contributed by atoms with Crippen LogP contribution in [0.25, 0.3) is 0 Å². The van der Waals surface area contributed by atoms with Crippen molar-refractivity contribution < 1.29 is 9.53 Å². The number of aliphatic imine (C=N–C) groups is 1. The van der Waals surface area contributed by atoms with Gasteiger partial charge in [-0.15, -0.1) is 24.0 Å². The lowest BCUT2D eigenvalue weighted by molar-refractivity contribution is -0.149. The average Bonchev–Trinajstić information content (AvgIpc) is 2.60. The van der Waals surface area contributed by atoms with E-state index >= 15 is 0 Å². The summed E-state index contributed by atoms with van der Waals surface area (Å²) in [6.45, 7) is 13.2. The molecule has 0 aromatic carbocycles. The summed E-state index contributed by atoms with van der Waals surface area (Å²) >= 11 is 0. The Morgan fingerprint density at radius 3 is 2.48 bits per heavy atom. The van der Waals surface area contributed by atoms with Gasteiger partial charge in [-0.05, 0) is 47.1 Å². The van der Waals surface area contributed by atoms with Gasteiger partial charge in [-0.25, -0.2) is 0 Å². The van der Waals surface area contributed by atoms with E-state index in [1.165, 1.54) is 0 Å². The molecular formula is C18H37IN4O2. The molecule has 0 aromatic heterocycles. The number of hydrogen-bond donors (Lipinski definition) is 1. The van der Waals surface area contributed by atoms with Gasteiger partial charge >= 0.3 is 5.97 Å². The molecule has 1 aliphatic heterocycles. The molecule has 1 atom stereocenters. The number of esters is 1. The molecule has 25 heavy (non-hydrogen) atoms. The molecule has 0 bridgehead atoms. The molecule has 6 nitrogen and oxygen atoms in total. The molecule has 0 radical (unpaired) electrons. The minimum absolute atomic E-state index is 0. The van der Waals surface area contributed by atoms with Gasteiger partial charge in [-0.3, -0.25) is 9.79 Å². The van der Waals surface area contributed by atoms with Crippen molar-refractivity contribution in [3.63, 3.8) is 0 Å². The lowest BCUT2D eigenvalue weighted by Crippen LogP contribution is -2.47. The van der Waals surface area contributed by atoms with E-state index < -0.39 is 0 Å². The number of carbonyl (C=O) groups is 1. The number of piperidine rings is 1. The molecule has 0 aromatic rings. The quantitative estimate of drug-likeness (QED) is 0.257. The number of halogens is 1. The zero-order valence-electron chi connectivity index (χ0n) is 16.6. The number of likely N-dealkylation sites (tertiary alicyclic amines) is 1. The third-order valence-corrected chi connectivity index (χ3v) is 4.81. The van der Waals surface area contributed by atoms with Gasteiger partial charge in [0.2, 0.25) is 0 Å². The lowest BCUT2D eigenvalue weighted by Gasteiger charge is -2.33. The van der Waals surface area contributed by atoms with Crippen molar-refractivity contribution in [3.05, 3.63) is 0 Å². The molecular weight excluding hydrogens is 431 g/mol. The molecule has 1 rings (SSSR count). The first-order valence-corrected chi connectivity index (χ1v) is 9.43. The summed E-state index contributed by atoms with van der Waals surface area (Å²) in [4.78, 5) is 21.2. The lowest BCUT2D eigenvalue weighted by atomic mass is 9.97. The standard InChI is InChI=1S/C18H36N4O2.HI/c1-6-15(4)21(5)14-11-20-18(19-7-2)22-12-9-16(10-13-22)17(23)24-8-3;/h15-16H,6-14H2,1-5H3,(H,19,20);1H. The molecule has 0 amide bonds. The van der Waals surface area contributed by atoms with E-state index in [4.69, 9.17) is 9.73 Å². The van der Waals surface area contributed by atoms with Crippen LogP contribution in [0.5, 0.6) is 0 Å². The van der Waals surface area contributed by atoms with Crippen molar-refractivity contribution >= 4 is 35.9 Å². The number of likely N-dealkylation sites (N-methyl/N-ethyl adjacent to an activating group) is 1. The van der Waals surface area contributed by atoms with E-state index in [9.17, 15) is 4.79 Å². The minimum atomic E-state index is -0.0470. The van der Waals surface area contributed by atoms with Crippen LogP contribution in [0.2, 0.25) is 0 Å². The second kappa shape index (κ2) is 13.6. The second-order valence-corrected chi connectivity index (χ2v) is 6.49. The third kappa shape index (κ3) is 8.57. The van der Waals surface area contributed by atoms with Gasteiger partial charge in [-0.1, -0.05) is 6.92 Å². The Bertz CT molecular complexity index is 399. The Kier molecular flexibility index (Phi) is 13.3. The first kappa shape index (κ1) is 24.4. The van der Waals surface area contributed by atoms with E-state index in [-0.39, 0.29) is 35.9 Å². The Morgan fingerprint density at radius 1 is 1.32 bits per heavy atom. The molecule has 0 aliphatic carbocycles. The van der Waals surface area contributed by atoms with Crippen LogP contribution in [0.3, 0.4) is 0 Å². The van der Waals surface area contributed by atoms with Crippen LogP contribution in [-0.2, 0) is 9.53 Å². The molecule has 1 fully saturated rings. The van der Waals surface area contributed by atoms with Crippen LogP contribution < -0.4 is 5.32 Å². The second-order valence-electron chi connectivity index (χ2n) is 6.49. The Morgan fingerprint density at radius 2 is 1.96 bits per heavy atom. The van der Waals surface area contributed by atoms with Gasteiger partial charge in [0, 0.05) is 32.2 Å². The summed E-state index contributed by atoms with van der Waals surface area (Å²) in [5.74, 6) is 0.965. The fraction of sp³-hybridized carbons (Fsp3) is 0.889. The highest BCUT2D eigenvalue weighted by Crippen LogP contribution is 2.18. The highest BCUT2D eigenvalue weighted by Gasteiger charge is 2.27. The topological polar surface area (TPSA) is 57.2 Å². The highest BCUT2D eigenvalue weighted by molar-refractivity contribution is 14.0. The maximum Gasteiger partial charge on any atom is 0.309 e. The summed E-state index contributed by atoms with van der Waals surface area (Å²) in [5, 5.41) is 3.38. The molecule has 7 heteroatoms. The smallest absolute Gasteiger partial charge is 0.309 e. The molecule has 0 saturated carbocycles. The van der Waals surface area contributed by atoms with Crippen LogP contribution in [0.4, 0.5) is 0 Å². The Balaban J connectivity index is 0.00000576. The fourth-order valence-corrected chi connectivity index (χ4v) is 2.86. The van der Waals surface area contributed by atoms with Crippen LogP contribution >= 0.6 is 24.0 Å². The molecule has 1 saturated heterocycles. The number of guanidine groups is 1. The molecule has 148 valence electrons. The van der Waals surface area contributed by atoms with Gasteiger partial charge in [0.1, 0.15) is 0 Å². The van der Waals surface area contributed by atoms with Crippen molar-refractivity contribution in [2.45, 2.75) is 53.0 Å². The predicted molar refractivity (Wildman–Crippen MR) is 115 cm³/mol. The first-order chi connectivity index (χ1) is 11.5. The van der Waals surface area contributed by atoms with Crippen LogP contribution in [-0.4, -0.2) is 74.1 Å². The molecule has 1 heterocycles. The summed E-state index contributed by atoms with van der Waals surface area (Å²) in [7, 11) is 2.15. The number of hydrogen-bond acceptors (Lipinski definition) is 4. The van der Waals surface area contributed by atoms with Crippen LogP contribution in [0, 0.1) is 5.92 Å². The van der Waals surface area contributed by atoms with E-state index in [1.54, 1.807) is 0 Å². The van der Waals surface area contributed by atoms with Crippen LogP contribution in [0.1, 0.15) is 47.0 Å². The van der Waals surface area contributed by atoms with Crippen molar-refractivity contribution in [2.24, 2.45) is 10.9 Å². The fourth-order valence-electron chi connectivity index (χ4n) is 2.86. The Labute approximate surface area is 170 Å². The van der Waals surface area contributed by atoms with Gasteiger partial charge in [0.05, 0.1) is 19.1 Å². The highest BCUT2D eigenvalue weighted by atomic mass is 127. The number of nitrogens with one attached hydrogen (secondary N) is 1. The number of rotatable bonds is 8. The summed E-state index contributed by atoms with van der Waals surface area (Å²) < 4.78 is 5.14. The summed E-state index contributed by atoms with van der Waals surface area (Å²) in [6, 6.07) is 0.586. The number of ether oxygens (including phenoxy) is 1. The molecule has 1 unspecified atom stereocenters. The van der Waals surface area contributed by atoms with Crippen molar-refractivity contribution in [2.75, 3.05) is 46.4 Å². The van der Waals surface area contributed by atoms with Gasteiger partial charge in [-0.2, -0.15) is 0 Å². The average molecular weight is 468 g/mol. The van der Waals surface area contributed by atoms with E-state index in [0.717, 1.165) is 57.9 Å². The molecule has 1 aliphatic rings. The van der Waals surface area contributed by atoms with Gasteiger partial charge in [0.15, 0.2) is 5.96 Å². The van der Waals surface area contributed by atoms with Crippen LogP contribution in [0.15, 0.2) is 4.99 Å². The number of carbonyl (C=O) groups excluding carboxylic acids is 1. The van der Waals surface area contributed by atoms with E-state index in [2.05, 4.69) is 42.9 Å². The van der Waals surface area contributed by atoms with Crippen molar-refractivity contribution in [1.82, 2.24) is 15.1 Å². The van der Waals surface area contributed by atoms with Crippen molar-refractivity contribution in [1.29, 1.82) is 0 Å². The SMILES string of the molecule is CCNC(=NCCN(C)C(C)CC)N1CCC(C(=O)OCC)CC1.I. The maximum absolute atomic E-state index is 11.8. The largest absolute Gasteiger partial charge is 0.466 e. The van der Waals surface area contributed by atoms with Crippen molar-refractivity contribution in [3.8, 4) is 0 Å². The Hall–Kier alpha value is -0.570. The first-order valence-electron chi connectivity index (χ1n) is 9.43.